The number of aromatic amines is 1. The minimum Gasteiger partial charge on any atom is -0.444 e. The minimum absolute atomic E-state index is 0.0757. The van der Waals surface area contributed by atoms with E-state index in [1.165, 1.54) is 6.42 Å². The summed E-state index contributed by atoms with van der Waals surface area (Å²) < 4.78 is 5.65. The van der Waals surface area contributed by atoms with Crippen LogP contribution in [0.15, 0.2) is 79.5 Å². The van der Waals surface area contributed by atoms with Gasteiger partial charge in [0.2, 0.25) is 5.91 Å². The first-order valence-electron chi connectivity index (χ1n) is 16.9. The number of benzene rings is 3. The number of anilines is 1. The van der Waals surface area contributed by atoms with E-state index in [2.05, 4.69) is 76.5 Å². The summed E-state index contributed by atoms with van der Waals surface area (Å²) in [5.74, 6) is 1.30. The molecule has 2 aliphatic rings. The number of ether oxygens (including phenoxy) is 1. The number of amides is 2. The van der Waals surface area contributed by atoms with E-state index in [4.69, 9.17) is 17.4 Å². The van der Waals surface area contributed by atoms with Gasteiger partial charge in [-0.1, -0.05) is 61.4 Å². The molecule has 6 rings (SSSR count). The molecule has 4 aromatic rings. The van der Waals surface area contributed by atoms with Crippen molar-refractivity contribution in [1.29, 1.82) is 0 Å². The second-order valence-electron chi connectivity index (χ2n) is 14.1. The van der Waals surface area contributed by atoms with Gasteiger partial charge >= 0.3 is 6.09 Å². The Balaban J connectivity index is 1.14. The molecular formula is C39H46N4O3S. The van der Waals surface area contributed by atoms with Crippen molar-refractivity contribution in [2.75, 3.05) is 11.9 Å². The lowest BCUT2D eigenvalue weighted by Gasteiger charge is -2.34. The number of aromatic nitrogens is 2. The molecule has 0 spiro atoms. The van der Waals surface area contributed by atoms with Crippen molar-refractivity contribution in [2.24, 2.45) is 11.8 Å². The van der Waals surface area contributed by atoms with E-state index in [1.807, 2.05) is 32.9 Å². The number of carbonyl (C=O) groups excluding carboxylic acids is 2. The van der Waals surface area contributed by atoms with Crippen LogP contribution in [0.3, 0.4) is 0 Å². The summed E-state index contributed by atoms with van der Waals surface area (Å²) in [4.78, 5) is 35.1. The van der Waals surface area contributed by atoms with Crippen LogP contribution in [0.4, 0.5) is 10.5 Å². The second kappa shape index (κ2) is 13.6. The smallest absolute Gasteiger partial charge is 0.411 e. The Morgan fingerprint density at radius 2 is 1.72 bits per heavy atom. The van der Waals surface area contributed by atoms with Gasteiger partial charge in [0, 0.05) is 18.2 Å². The third-order valence-electron chi connectivity index (χ3n) is 9.55. The average molecular weight is 651 g/mol. The van der Waals surface area contributed by atoms with Crippen LogP contribution in [0.2, 0.25) is 0 Å². The lowest BCUT2D eigenvalue weighted by atomic mass is 9.76. The molecule has 246 valence electrons. The molecule has 0 bridgehead atoms. The summed E-state index contributed by atoms with van der Waals surface area (Å²) in [6, 6.07) is 21.0. The summed E-state index contributed by atoms with van der Waals surface area (Å²) in [5, 5.41) is 5.42. The molecule has 1 saturated carbocycles. The van der Waals surface area contributed by atoms with Crippen LogP contribution in [0.5, 0.6) is 0 Å². The summed E-state index contributed by atoms with van der Waals surface area (Å²) in [5.41, 5.74) is 4.35. The molecule has 3 aromatic carbocycles. The topological polar surface area (TPSA) is 87.3 Å². The number of likely N-dealkylation sites (tertiary alicyclic amines) is 1. The zero-order valence-corrected chi connectivity index (χ0v) is 28.6. The largest absolute Gasteiger partial charge is 0.444 e. The van der Waals surface area contributed by atoms with E-state index in [0.29, 0.717) is 24.7 Å². The van der Waals surface area contributed by atoms with Crippen LogP contribution in [-0.4, -0.2) is 39.0 Å². The highest BCUT2D eigenvalue weighted by molar-refractivity contribution is 7.81. The molecule has 2 fully saturated rings. The Kier molecular flexibility index (Phi) is 9.51. The van der Waals surface area contributed by atoms with Gasteiger partial charge < -0.3 is 15.0 Å². The molecular weight excluding hydrogens is 605 g/mol. The van der Waals surface area contributed by atoms with E-state index < -0.39 is 10.5 Å². The molecule has 2 amide bonds. The summed E-state index contributed by atoms with van der Waals surface area (Å²) in [6.07, 6.45) is 11.3. The van der Waals surface area contributed by atoms with Crippen molar-refractivity contribution < 1.29 is 14.3 Å². The van der Waals surface area contributed by atoms with E-state index in [1.54, 1.807) is 11.1 Å². The van der Waals surface area contributed by atoms with Gasteiger partial charge in [0.25, 0.3) is 0 Å². The first kappa shape index (κ1) is 32.9. The number of allylic oxidation sites excluding steroid dienone is 1. The lowest BCUT2D eigenvalue weighted by Crippen LogP contribution is -2.44. The second-order valence-corrected chi connectivity index (χ2v) is 14.8. The quantitative estimate of drug-likeness (QED) is 0.131. The van der Waals surface area contributed by atoms with E-state index in [0.717, 1.165) is 77.4 Å². The molecule has 3 unspecified atom stereocenters. The number of carbonyl (C=O) groups is 2. The van der Waals surface area contributed by atoms with E-state index in [-0.39, 0.29) is 17.9 Å². The van der Waals surface area contributed by atoms with E-state index in [9.17, 15) is 9.59 Å². The number of nitrogens with zero attached hydrogens (tertiary/aromatic N) is 2. The highest BCUT2D eigenvalue weighted by Crippen LogP contribution is 2.42. The highest BCUT2D eigenvalue weighted by atomic mass is 32.1. The van der Waals surface area contributed by atoms with Gasteiger partial charge in [0.15, 0.2) is 0 Å². The van der Waals surface area contributed by atoms with Crippen LogP contribution in [0.1, 0.15) is 78.0 Å². The molecule has 1 aliphatic heterocycles. The van der Waals surface area contributed by atoms with E-state index >= 15 is 0 Å². The van der Waals surface area contributed by atoms with Crippen LogP contribution >= 0.6 is 12.6 Å². The zero-order valence-electron chi connectivity index (χ0n) is 27.7. The fraction of sp³-hybridized carbons (Fsp3) is 0.410. The third kappa shape index (κ3) is 7.28. The number of thiol groups is 1. The van der Waals surface area contributed by atoms with Gasteiger partial charge in [-0.15, -0.1) is 19.2 Å². The first-order valence-corrected chi connectivity index (χ1v) is 17.3. The number of rotatable bonds is 8. The fourth-order valence-electron chi connectivity index (χ4n) is 7.09. The normalized spacial score (nSPS) is 21.5. The van der Waals surface area contributed by atoms with Crippen molar-refractivity contribution >= 4 is 41.1 Å². The van der Waals surface area contributed by atoms with Crippen molar-refractivity contribution in [1.82, 2.24) is 14.9 Å². The van der Waals surface area contributed by atoms with Gasteiger partial charge in [-0.3, -0.25) is 9.69 Å². The number of imidazole rings is 1. The summed E-state index contributed by atoms with van der Waals surface area (Å²) >= 11 is 4.94. The van der Waals surface area contributed by atoms with Gasteiger partial charge in [-0.25, -0.2) is 9.78 Å². The maximum absolute atomic E-state index is 13.2. The van der Waals surface area contributed by atoms with Crippen LogP contribution in [0, 0.1) is 11.8 Å². The Morgan fingerprint density at radius 3 is 2.49 bits per heavy atom. The number of hydrogen-bond acceptors (Lipinski definition) is 5. The predicted octanol–water partition coefficient (Wildman–Crippen LogP) is 9.72. The fourth-order valence-corrected chi connectivity index (χ4v) is 7.54. The molecule has 3 atom stereocenters. The predicted molar refractivity (Wildman–Crippen MR) is 193 cm³/mol. The number of hydrogen-bond donors (Lipinski definition) is 3. The highest BCUT2D eigenvalue weighted by Gasteiger charge is 2.46. The Morgan fingerprint density at radius 1 is 1.02 bits per heavy atom. The molecule has 1 aromatic heterocycles. The standard InChI is InChI=1S/C39H46N4O3S/c1-5-6-10-27-11-7-8-12-33(27)35(44)41-32-20-19-30-23-29(17-18-31(30)24-32)26-13-15-28(16-14-26)34-25-40-36(42-34)39(47)21-9-22-43(39)37(45)46-38(2,3)4/h5,13-20,23-25,27,33,47H,1,6-12,21-22H2,2-4H3,(H,40,42)(H,41,44). The zero-order chi connectivity index (χ0) is 33.2. The van der Waals surface area contributed by atoms with Crippen LogP contribution < -0.4 is 5.32 Å². The van der Waals surface area contributed by atoms with Crippen molar-refractivity contribution in [3.63, 3.8) is 0 Å². The Labute approximate surface area is 283 Å². The number of nitrogens with one attached hydrogen (secondary N) is 2. The Bertz CT molecular complexity index is 1760. The SMILES string of the molecule is C=CCCC1CCCCC1C(=O)Nc1ccc2cc(-c3ccc(-c4cnc(C5(S)CCCN5C(=O)OC(C)(C)C)[nH]4)cc3)ccc2c1. The van der Waals surface area contributed by atoms with Crippen molar-refractivity contribution in [2.45, 2.75) is 82.6 Å². The molecule has 47 heavy (non-hydrogen) atoms. The molecule has 1 saturated heterocycles. The molecule has 8 heteroatoms. The lowest BCUT2D eigenvalue weighted by molar-refractivity contribution is -0.122. The van der Waals surface area contributed by atoms with Gasteiger partial charge in [0.1, 0.15) is 16.3 Å². The molecule has 2 heterocycles. The number of fused-ring (bicyclic) bond motifs is 1. The van der Waals surface area contributed by atoms with Gasteiger partial charge in [-0.2, -0.15) is 0 Å². The molecule has 1 aliphatic carbocycles. The average Bonchev–Trinajstić information content (AvgIpc) is 3.71. The van der Waals surface area contributed by atoms with Crippen molar-refractivity contribution in [3.8, 4) is 22.4 Å². The molecule has 2 N–H and O–H groups in total. The Hall–Kier alpha value is -4.04. The molecule has 7 nitrogen and oxygen atoms in total. The van der Waals surface area contributed by atoms with Crippen LogP contribution in [0.25, 0.3) is 33.2 Å². The van der Waals surface area contributed by atoms with Crippen molar-refractivity contribution in [3.05, 3.63) is 85.3 Å². The minimum atomic E-state index is -0.849. The summed E-state index contributed by atoms with van der Waals surface area (Å²) in [7, 11) is 0. The third-order valence-corrected chi connectivity index (χ3v) is 10.2. The number of H-pyrrole nitrogens is 1. The maximum atomic E-state index is 13.2. The maximum Gasteiger partial charge on any atom is 0.411 e. The van der Waals surface area contributed by atoms with Crippen LogP contribution in [-0.2, 0) is 14.4 Å². The van der Waals surface area contributed by atoms with Gasteiger partial charge in [-0.05, 0) is 111 Å². The monoisotopic (exact) mass is 650 g/mol. The summed E-state index contributed by atoms with van der Waals surface area (Å²) in [6.45, 7) is 10.0. The molecule has 0 radical (unpaired) electrons. The van der Waals surface area contributed by atoms with Gasteiger partial charge in [0.05, 0.1) is 11.9 Å². The first-order chi connectivity index (χ1) is 22.5.